The van der Waals surface area contributed by atoms with Gasteiger partial charge in [0, 0.05) is 5.39 Å². The Morgan fingerprint density at radius 2 is 2.21 bits per heavy atom. The highest BCUT2D eigenvalue weighted by atomic mass is 16.4. The zero-order chi connectivity index (χ0) is 10.3. The molecule has 0 spiro atoms. The summed E-state index contributed by atoms with van der Waals surface area (Å²) in [4.78, 5) is 10.7. The summed E-state index contributed by atoms with van der Waals surface area (Å²) >= 11 is 0. The first-order chi connectivity index (χ1) is 6.59. The number of benzene rings is 1. The standard InChI is InChI=1S/C10H9NO3/c1-5-2-3-7-6(4-5)8(11)9(14-7)10(12)13/h2-4H,11H2,1H3,(H,12,13). The van der Waals surface area contributed by atoms with Crippen LogP contribution >= 0.6 is 0 Å². The number of nitrogens with two attached hydrogens (primary N) is 1. The molecule has 0 atom stereocenters. The molecule has 0 aliphatic rings. The average molecular weight is 191 g/mol. The molecule has 0 saturated heterocycles. The van der Waals surface area contributed by atoms with Crippen LogP contribution in [0.4, 0.5) is 5.69 Å². The Balaban J connectivity index is 2.80. The third-order valence-corrected chi connectivity index (χ3v) is 2.08. The van der Waals surface area contributed by atoms with Crippen LogP contribution in [-0.2, 0) is 0 Å². The van der Waals surface area contributed by atoms with Crippen LogP contribution in [0.15, 0.2) is 22.6 Å². The van der Waals surface area contributed by atoms with Gasteiger partial charge in [0.25, 0.3) is 0 Å². The largest absolute Gasteiger partial charge is 0.475 e. The molecule has 1 aromatic carbocycles. The fourth-order valence-corrected chi connectivity index (χ4v) is 1.39. The predicted octanol–water partition coefficient (Wildman–Crippen LogP) is 2.02. The number of carboxylic acids is 1. The maximum absolute atomic E-state index is 10.7. The number of anilines is 1. The van der Waals surface area contributed by atoms with Crippen molar-refractivity contribution in [2.45, 2.75) is 6.92 Å². The lowest BCUT2D eigenvalue weighted by Crippen LogP contribution is -1.98. The molecular formula is C10H9NO3. The van der Waals surface area contributed by atoms with E-state index >= 15 is 0 Å². The summed E-state index contributed by atoms with van der Waals surface area (Å²) in [5.74, 6) is -1.33. The Morgan fingerprint density at radius 3 is 2.86 bits per heavy atom. The van der Waals surface area contributed by atoms with Gasteiger partial charge >= 0.3 is 5.97 Å². The lowest BCUT2D eigenvalue weighted by atomic mass is 10.1. The minimum absolute atomic E-state index is 0.189. The zero-order valence-electron chi connectivity index (χ0n) is 7.57. The summed E-state index contributed by atoms with van der Waals surface area (Å²) < 4.78 is 5.09. The van der Waals surface area contributed by atoms with Crippen molar-refractivity contribution < 1.29 is 14.3 Å². The second-order valence-electron chi connectivity index (χ2n) is 3.15. The van der Waals surface area contributed by atoms with Crippen LogP contribution < -0.4 is 5.73 Å². The van der Waals surface area contributed by atoms with E-state index in [9.17, 15) is 4.79 Å². The number of fused-ring (bicyclic) bond motifs is 1. The molecule has 2 rings (SSSR count). The van der Waals surface area contributed by atoms with Crippen molar-refractivity contribution in [3.8, 4) is 0 Å². The van der Waals surface area contributed by atoms with Gasteiger partial charge in [-0.1, -0.05) is 11.6 Å². The van der Waals surface area contributed by atoms with Gasteiger partial charge in [-0.15, -0.1) is 0 Å². The van der Waals surface area contributed by atoms with Crippen molar-refractivity contribution >= 4 is 22.6 Å². The molecule has 0 fully saturated rings. The Labute approximate surface area is 79.9 Å². The number of hydrogen-bond acceptors (Lipinski definition) is 3. The second-order valence-corrected chi connectivity index (χ2v) is 3.15. The van der Waals surface area contributed by atoms with E-state index < -0.39 is 5.97 Å². The Hall–Kier alpha value is -1.97. The molecule has 4 nitrogen and oxygen atoms in total. The van der Waals surface area contributed by atoms with Crippen LogP contribution in [-0.4, -0.2) is 11.1 Å². The van der Waals surface area contributed by atoms with E-state index in [1.807, 2.05) is 13.0 Å². The lowest BCUT2D eigenvalue weighted by Gasteiger charge is -1.91. The lowest BCUT2D eigenvalue weighted by molar-refractivity contribution is 0.0666. The SMILES string of the molecule is Cc1ccc2oc(C(=O)O)c(N)c2c1. The fourth-order valence-electron chi connectivity index (χ4n) is 1.39. The minimum atomic E-state index is -1.14. The van der Waals surface area contributed by atoms with E-state index in [1.165, 1.54) is 0 Å². The van der Waals surface area contributed by atoms with Crippen LogP contribution in [0.5, 0.6) is 0 Å². The molecule has 14 heavy (non-hydrogen) atoms. The number of aryl methyl sites for hydroxylation is 1. The highest BCUT2D eigenvalue weighted by molar-refractivity contribution is 6.02. The third-order valence-electron chi connectivity index (χ3n) is 2.08. The molecule has 0 radical (unpaired) electrons. The van der Waals surface area contributed by atoms with Gasteiger partial charge in [-0.05, 0) is 19.1 Å². The van der Waals surface area contributed by atoms with Gasteiger partial charge in [0.1, 0.15) is 5.58 Å². The summed E-state index contributed by atoms with van der Waals surface area (Å²) in [6, 6.07) is 5.37. The molecule has 72 valence electrons. The number of carboxylic acid groups (broad SMARTS) is 1. The van der Waals surface area contributed by atoms with Crippen LogP contribution in [0.25, 0.3) is 11.0 Å². The number of nitrogen functional groups attached to an aromatic ring is 1. The second kappa shape index (κ2) is 2.77. The molecule has 4 heteroatoms. The molecule has 0 saturated carbocycles. The van der Waals surface area contributed by atoms with E-state index in [0.717, 1.165) is 5.56 Å². The average Bonchev–Trinajstić information content (AvgIpc) is 2.44. The van der Waals surface area contributed by atoms with Crippen LogP contribution in [0.1, 0.15) is 16.1 Å². The zero-order valence-corrected chi connectivity index (χ0v) is 7.57. The molecule has 2 aromatic rings. The number of carbonyl (C=O) groups is 1. The Bertz CT molecular complexity index is 513. The maximum Gasteiger partial charge on any atom is 0.374 e. The van der Waals surface area contributed by atoms with Crippen molar-refractivity contribution in [2.24, 2.45) is 0 Å². The molecule has 1 aromatic heterocycles. The topological polar surface area (TPSA) is 76.5 Å². The van der Waals surface area contributed by atoms with Crippen LogP contribution in [0, 0.1) is 6.92 Å². The summed E-state index contributed by atoms with van der Waals surface area (Å²) in [5, 5.41) is 9.42. The summed E-state index contributed by atoms with van der Waals surface area (Å²) in [6.07, 6.45) is 0. The van der Waals surface area contributed by atoms with Crippen molar-refractivity contribution in [2.75, 3.05) is 5.73 Å². The molecular weight excluding hydrogens is 182 g/mol. The number of aromatic carboxylic acids is 1. The van der Waals surface area contributed by atoms with E-state index in [2.05, 4.69) is 0 Å². The van der Waals surface area contributed by atoms with E-state index in [1.54, 1.807) is 12.1 Å². The molecule has 0 bridgehead atoms. The van der Waals surface area contributed by atoms with E-state index in [4.69, 9.17) is 15.3 Å². The van der Waals surface area contributed by atoms with Crippen LogP contribution in [0.2, 0.25) is 0 Å². The smallest absolute Gasteiger partial charge is 0.374 e. The monoisotopic (exact) mass is 191 g/mol. The van der Waals surface area contributed by atoms with Gasteiger partial charge < -0.3 is 15.3 Å². The van der Waals surface area contributed by atoms with Gasteiger partial charge in [-0.2, -0.15) is 0 Å². The summed E-state index contributed by atoms with van der Waals surface area (Å²) in [5.41, 5.74) is 7.35. The Kier molecular flexibility index (Phi) is 1.70. The van der Waals surface area contributed by atoms with Gasteiger partial charge in [0.2, 0.25) is 5.76 Å². The first-order valence-electron chi connectivity index (χ1n) is 4.11. The number of rotatable bonds is 1. The van der Waals surface area contributed by atoms with Gasteiger partial charge in [0.15, 0.2) is 0 Å². The van der Waals surface area contributed by atoms with Crippen molar-refractivity contribution in [3.63, 3.8) is 0 Å². The quantitative estimate of drug-likeness (QED) is 0.722. The third kappa shape index (κ3) is 1.12. The van der Waals surface area contributed by atoms with Crippen molar-refractivity contribution in [3.05, 3.63) is 29.5 Å². The molecule has 1 heterocycles. The molecule has 0 unspecified atom stereocenters. The molecule has 0 aliphatic heterocycles. The molecule has 0 amide bonds. The fraction of sp³-hybridized carbons (Fsp3) is 0.100. The van der Waals surface area contributed by atoms with Gasteiger partial charge in [-0.3, -0.25) is 0 Å². The van der Waals surface area contributed by atoms with Gasteiger partial charge in [0.05, 0.1) is 5.69 Å². The van der Waals surface area contributed by atoms with Crippen molar-refractivity contribution in [1.29, 1.82) is 0 Å². The number of furan rings is 1. The number of hydrogen-bond donors (Lipinski definition) is 2. The minimum Gasteiger partial charge on any atom is -0.475 e. The van der Waals surface area contributed by atoms with E-state index in [0.29, 0.717) is 11.0 Å². The predicted molar refractivity (Wildman–Crippen MR) is 52.3 cm³/mol. The first-order valence-corrected chi connectivity index (χ1v) is 4.11. The van der Waals surface area contributed by atoms with Gasteiger partial charge in [-0.25, -0.2) is 4.79 Å². The molecule has 3 N–H and O–H groups in total. The summed E-state index contributed by atoms with van der Waals surface area (Å²) in [6.45, 7) is 1.91. The first kappa shape index (κ1) is 8.62. The maximum atomic E-state index is 10.7. The normalized spacial score (nSPS) is 10.6. The van der Waals surface area contributed by atoms with E-state index in [-0.39, 0.29) is 11.4 Å². The van der Waals surface area contributed by atoms with Crippen molar-refractivity contribution in [1.82, 2.24) is 0 Å². The van der Waals surface area contributed by atoms with Crippen LogP contribution in [0.3, 0.4) is 0 Å². The highest BCUT2D eigenvalue weighted by Gasteiger charge is 2.16. The Morgan fingerprint density at radius 1 is 1.50 bits per heavy atom. The summed E-state index contributed by atoms with van der Waals surface area (Å²) in [7, 11) is 0. The highest BCUT2D eigenvalue weighted by Crippen LogP contribution is 2.28. The molecule has 0 aliphatic carbocycles.